The number of hydrogen-bond acceptors (Lipinski definition) is 3. The van der Waals surface area contributed by atoms with E-state index in [1.165, 1.54) is 27.4 Å². The lowest BCUT2D eigenvalue weighted by Gasteiger charge is -2.12. The molecule has 0 fully saturated rings. The van der Waals surface area contributed by atoms with Crippen LogP contribution >= 0.6 is 0 Å². The van der Waals surface area contributed by atoms with Gasteiger partial charge in [-0.1, -0.05) is 170 Å². The average molecular weight is 792 g/mol. The summed E-state index contributed by atoms with van der Waals surface area (Å²) in [6.45, 7) is 0. The van der Waals surface area contributed by atoms with Crippen molar-refractivity contribution in [3.05, 3.63) is 224 Å². The summed E-state index contributed by atoms with van der Waals surface area (Å²) >= 11 is 0. The van der Waals surface area contributed by atoms with Crippen molar-refractivity contribution >= 4 is 43.6 Å². The lowest BCUT2D eigenvalue weighted by molar-refractivity contribution is 0.953. The van der Waals surface area contributed by atoms with Gasteiger partial charge in [-0.05, 0) is 88.0 Å². The van der Waals surface area contributed by atoms with Crippen LogP contribution in [0.2, 0.25) is 0 Å². The van der Waals surface area contributed by atoms with Crippen LogP contribution in [0.25, 0.3) is 111 Å². The van der Waals surface area contributed by atoms with E-state index in [1.54, 1.807) is 0 Å². The molecule has 290 valence electrons. The Morgan fingerprint density at radius 1 is 0.242 bits per heavy atom. The number of fused-ring (bicyclic) bond motifs is 6. The van der Waals surface area contributed by atoms with Crippen molar-refractivity contribution < 1.29 is 0 Å². The maximum Gasteiger partial charge on any atom is 0.238 e. The molecule has 5 nitrogen and oxygen atoms in total. The topological polar surface area (TPSA) is 48.5 Å². The number of aromatic nitrogens is 5. The summed E-state index contributed by atoms with van der Waals surface area (Å²) in [7, 11) is 0. The average Bonchev–Trinajstić information content (AvgIpc) is 3.87. The Morgan fingerprint density at radius 2 is 0.645 bits per heavy atom. The van der Waals surface area contributed by atoms with Gasteiger partial charge in [0, 0.05) is 38.4 Å². The second-order valence-corrected chi connectivity index (χ2v) is 15.7. The molecular formula is C57H37N5. The maximum absolute atomic E-state index is 5.32. The van der Waals surface area contributed by atoms with Gasteiger partial charge in [0.1, 0.15) is 0 Å². The molecule has 12 aromatic rings. The Hall–Kier alpha value is -8.41. The highest BCUT2D eigenvalue weighted by Gasteiger charge is 2.19. The van der Waals surface area contributed by atoms with Crippen molar-refractivity contribution in [2.45, 2.75) is 0 Å². The molecule has 0 amide bonds. The van der Waals surface area contributed by atoms with E-state index in [0.717, 1.165) is 66.4 Å². The van der Waals surface area contributed by atoms with Crippen LogP contribution in [0, 0.1) is 0 Å². The van der Waals surface area contributed by atoms with Crippen LogP contribution in [0.15, 0.2) is 224 Å². The minimum atomic E-state index is 0.566. The quantitative estimate of drug-likeness (QED) is 0.162. The van der Waals surface area contributed by atoms with E-state index in [4.69, 9.17) is 15.0 Å². The predicted molar refractivity (Wildman–Crippen MR) is 256 cm³/mol. The van der Waals surface area contributed by atoms with Gasteiger partial charge in [-0.2, -0.15) is 9.97 Å². The molecule has 0 unspecified atom stereocenters. The predicted octanol–water partition coefficient (Wildman–Crippen LogP) is 14.4. The molecule has 0 aliphatic heterocycles. The maximum atomic E-state index is 5.32. The van der Waals surface area contributed by atoms with E-state index < -0.39 is 0 Å². The summed E-state index contributed by atoms with van der Waals surface area (Å²) in [6, 6.07) is 79.3. The Kier molecular flexibility index (Phi) is 8.42. The van der Waals surface area contributed by atoms with Gasteiger partial charge in [0.2, 0.25) is 5.95 Å². The normalized spacial score (nSPS) is 11.5. The van der Waals surface area contributed by atoms with E-state index in [9.17, 15) is 0 Å². The van der Waals surface area contributed by atoms with E-state index in [1.807, 2.05) is 6.07 Å². The molecule has 9 aromatic carbocycles. The largest absolute Gasteiger partial charge is 0.309 e. The number of para-hydroxylation sites is 3. The third-order valence-corrected chi connectivity index (χ3v) is 12.0. The molecule has 3 aromatic heterocycles. The fourth-order valence-electron chi connectivity index (χ4n) is 9.01. The lowest BCUT2D eigenvalue weighted by atomic mass is 10.0. The zero-order chi connectivity index (χ0) is 41.0. The Morgan fingerprint density at radius 3 is 1.29 bits per heavy atom. The first-order valence-electron chi connectivity index (χ1n) is 20.9. The van der Waals surface area contributed by atoms with Gasteiger partial charge in [-0.15, -0.1) is 0 Å². The van der Waals surface area contributed by atoms with Crippen LogP contribution in [0.4, 0.5) is 0 Å². The summed E-state index contributed by atoms with van der Waals surface area (Å²) in [5, 5.41) is 4.71. The monoisotopic (exact) mass is 791 g/mol. The Labute approximate surface area is 358 Å². The Balaban J connectivity index is 1.03. The third kappa shape index (κ3) is 6.06. The summed E-state index contributed by atoms with van der Waals surface area (Å²) in [5.41, 5.74) is 14.2. The fourth-order valence-corrected chi connectivity index (χ4v) is 9.01. The van der Waals surface area contributed by atoms with Crippen molar-refractivity contribution in [2.24, 2.45) is 0 Å². The second kappa shape index (κ2) is 14.7. The van der Waals surface area contributed by atoms with E-state index in [-0.39, 0.29) is 0 Å². The first-order chi connectivity index (χ1) is 30.7. The molecule has 0 saturated carbocycles. The summed E-state index contributed by atoms with van der Waals surface area (Å²) in [6.07, 6.45) is 0. The SMILES string of the molecule is c1ccc(-c2ccc(-c3nc(-c4cccc(-c5ccc6c(c5)c5ccccc5n6-c5ccccc5)c4)nc(-n4c5ccccc5c5cc(-c6ccccc6)ccc54)n3)cc2)cc1. The highest BCUT2D eigenvalue weighted by atomic mass is 15.2. The molecule has 0 aliphatic rings. The van der Waals surface area contributed by atoms with Crippen LogP contribution in [0.3, 0.4) is 0 Å². The number of benzene rings is 9. The molecule has 0 bridgehead atoms. The van der Waals surface area contributed by atoms with Crippen molar-refractivity contribution in [3.63, 3.8) is 0 Å². The van der Waals surface area contributed by atoms with Gasteiger partial charge >= 0.3 is 0 Å². The van der Waals surface area contributed by atoms with Crippen LogP contribution < -0.4 is 0 Å². The molecule has 0 aliphatic carbocycles. The lowest BCUT2D eigenvalue weighted by Crippen LogP contribution is -2.06. The number of nitrogens with zero attached hydrogens (tertiary/aromatic N) is 5. The van der Waals surface area contributed by atoms with Gasteiger partial charge in [0.15, 0.2) is 11.6 Å². The molecule has 3 heterocycles. The summed E-state index contributed by atoms with van der Waals surface area (Å²) in [4.78, 5) is 15.8. The van der Waals surface area contributed by atoms with Gasteiger partial charge in [0.05, 0.1) is 22.1 Å². The van der Waals surface area contributed by atoms with E-state index in [0.29, 0.717) is 17.6 Å². The van der Waals surface area contributed by atoms with Gasteiger partial charge in [0.25, 0.3) is 0 Å². The summed E-state index contributed by atoms with van der Waals surface area (Å²) < 4.78 is 4.54. The van der Waals surface area contributed by atoms with Gasteiger partial charge in [-0.25, -0.2) is 4.98 Å². The first-order valence-corrected chi connectivity index (χ1v) is 20.9. The first kappa shape index (κ1) is 35.5. The van der Waals surface area contributed by atoms with Crippen molar-refractivity contribution in [3.8, 4) is 67.8 Å². The third-order valence-electron chi connectivity index (χ3n) is 12.0. The molecule has 12 rings (SSSR count). The van der Waals surface area contributed by atoms with Crippen LogP contribution in [0.5, 0.6) is 0 Å². The smallest absolute Gasteiger partial charge is 0.238 e. The van der Waals surface area contributed by atoms with Gasteiger partial charge < -0.3 is 4.57 Å². The fraction of sp³-hybridized carbons (Fsp3) is 0. The standard InChI is InChI=1S/C57H37N5/c1-4-15-38(16-5-1)40-27-29-41(30-28-40)55-58-56(60-57(59-55)62-52-26-13-11-24-48(52)50-36-43(31-34-54(50)62)39-17-6-2-7-18-39)45-20-14-19-42(35-45)44-32-33-53-49(37-44)47-23-10-12-25-51(47)61(53)46-21-8-3-9-22-46/h1-37H. The van der Waals surface area contributed by atoms with Crippen LogP contribution in [0.1, 0.15) is 0 Å². The molecule has 0 atom stereocenters. The summed E-state index contributed by atoms with van der Waals surface area (Å²) in [5.74, 6) is 1.78. The van der Waals surface area contributed by atoms with Crippen molar-refractivity contribution in [2.75, 3.05) is 0 Å². The molecule has 0 saturated heterocycles. The van der Waals surface area contributed by atoms with Crippen LogP contribution in [-0.4, -0.2) is 24.1 Å². The molecule has 62 heavy (non-hydrogen) atoms. The van der Waals surface area contributed by atoms with Crippen molar-refractivity contribution in [1.29, 1.82) is 0 Å². The Bertz CT molecular complexity index is 3610. The number of hydrogen-bond donors (Lipinski definition) is 0. The molecule has 0 N–H and O–H groups in total. The highest BCUT2D eigenvalue weighted by molar-refractivity contribution is 6.11. The minimum Gasteiger partial charge on any atom is -0.309 e. The zero-order valence-corrected chi connectivity index (χ0v) is 33.6. The molecular weight excluding hydrogens is 755 g/mol. The van der Waals surface area contributed by atoms with Gasteiger partial charge in [-0.3, -0.25) is 4.57 Å². The molecule has 0 spiro atoms. The molecule has 5 heteroatoms. The zero-order valence-electron chi connectivity index (χ0n) is 33.6. The molecule has 0 radical (unpaired) electrons. The van der Waals surface area contributed by atoms with Crippen molar-refractivity contribution in [1.82, 2.24) is 24.1 Å². The van der Waals surface area contributed by atoms with Crippen LogP contribution in [-0.2, 0) is 0 Å². The highest BCUT2D eigenvalue weighted by Crippen LogP contribution is 2.38. The second-order valence-electron chi connectivity index (χ2n) is 15.7. The number of rotatable bonds is 7. The van der Waals surface area contributed by atoms with E-state index >= 15 is 0 Å². The van der Waals surface area contributed by atoms with E-state index in [2.05, 4.69) is 228 Å². The minimum absolute atomic E-state index is 0.566.